The topological polar surface area (TPSA) is 66.8 Å². The van der Waals surface area contributed by atoms with Gasteiger partial charge in [0.1, 0.15) is 11.5 Å². The number of ether oxygens (including phenoxy) is 1. The van der Waals surface area contributed by atoms with Gasteiger partial charge in [0.15, 0.2) is 0 Å². The standard InChI is InChI=1S/C26H21BrClNO4/c1-3-33-20-10-7-16(8-11-20)23-22(24(30)17-9-12-21(27)15(2)13-17)25(31)26(32)29(23)19-6-4-5-18(28)14-19/h4-14,23,30H,3H2,1-2H3/b24-22+. The Bertz CT molecular complexity index is 1270. The molecule has 4 rings (SSSR count). The van der Waals surface area contributed by atoms with Crippen molar-refractivity contribution >= 4 is 50.7 Å². The second-order valence-corrected chi connectivity index (χ2v) is 8.91. The van der Waals surface area contributed by atoms with Gasteiger partial charge >= 0.3 is 0 Å². The Kier molecular flexibility index (Phi) is 6.58. The van der Waals surface area contributed by atoms with Crippen molar-refractivity contribution in [2.75, 3.05) is 11.5 Å². The first kappa shape index (κ1) is 23.1. The average molecular weight is 527 g/mol. The second-order valence-electron chi connectivity index (χ2n) is 7.61. The fraction of sp³-hybridized carbons (Fsp3) is 0.154. The lowest BCUT2D eigenvalue weighted by molar-refractivity contribution is -0.132. The molecule has 0 saturated carbocycles. The summed E-state index contributed by atoms with van der Waals surface area (Å²) in [4.78, 5) is 27.8. The monoisotopic (exact) mass is 525 g/mol. The van der Waals surface area contributed by atoms with Gasteiger partial charge in [-0.15, -0.1) is 0 Å². The number of nitrogens with zero attached hydrogens (tertiary/aromatic N) is 1. The van der Waals surface area contributed by atoms with Crippen molar-refractivity contribution in [2.24, 2.45) is 0 Å². The number of carbonyl (C=O) groups excluding carboxylic acids is 2. The van der Waals surface area contributed by atoms with Crippen molar-refractivity contribution in [2.45, 2.75) is 19.9 Å². The maximum Gasteiger partial charge on any atom is 0.300 e. The van der Waals surface area contributed by atoms with Crippen LogP contribution in [0.5, 0.6) is 5.75 Å². The van der Waals surface area contributed by atoms with Crippen LogP contribution in [0.25, 0.3) is 5.76 Å². The molecule has 0 bridgehead atoms. The van der Waals surface area contributed by atoms with E-state index in [1.165, 1.54) is 4.90 Å². The Morgan fingerprint density at radius 2 is 1.82 bits per heavy atom. The molecular formula is C26H21BrClNO4. The Hall–Kier alpha value is -3.09. The highest BCUT2D eigenvalue weighted by Crippen LogP contribution is 2.43. The lowest BCUT2D eigenvalue weighted by Crippen LogP contribution is -2.29. The van der Waals surface area contributed by atoms with Crippen molar-refractivity contribution in [3.8, 4) is 5.75 Å². The minimum Gasteiger partial charge on any atom is -0.507 e. The molecule has 1 aliphatic rings. The van der Waals surface area contributed by atoms with Gasteiger partial charge in [0.25, 0.3) is 11.7 Å². The molecule has 1 saturated heterocycles. The maximum absolute atomic E-state index is 13.2. The lowest BCUT2D eigenvalue weighted by Gasteiger charge is -2.25. The van der Waals surface area contributed by atoms with Crippen LogP contribution >= 0.6 is 27.5 Å². The maximum atomic E-state index is 13.2. The molecule has 0 aromatic heterocycles. The van der Waals surface area contributed by atoms with Gasteiger partial charge in [-0.3, -0.25) is 14.5 Å². The summed E-state index contributed by atoms with van der Waals surface area (Å²) in [6.45, 7) is 4.29. The molecule has 0 aliphatic carbocycles. The molecule has 1 unspecified atom stereocenters. The van der Waals surface area contributed by atoms with Gasteiger partial charge in [-0.05, 0) is 67.4 Å². The van der Waals surface area contributed by atoms with E-state index in [1.54, 1.807) is 66.7 Å². The third-order valence-corrected chi connectivity index (χ3v) is 6.59. The number of Topliss-reactive ketones (excluding diaryl/α,β-unsaturated/α-hetero) is 1. The van der Waals surface area contributed by atoms with Crippen molar-refractivity contribution in [3.63, 3.8) is 0 Å². The number of halogens is 2. The summed E-state index contributed by atoms with van der Waals surface area (Å²) < 4.78 is 6.41. The van der Waals surface area contributed by atoms with E-state index in [1.807, 2.05) is 13.8 Å². The lowest BCUT2D eigenvalue weighted by atomic mass is 9.94. The van der Waals surface area contributed by atoms with Crippen LogP contribution in [0.1, 0.15) is 29.7 Å². The number of aliphatic hydroxyl groups is 1. The highest BCUT2D eigenvalue weighted by molar-refractivity contribution is 9.10. The minimum atomic E-state index is -0.830. The van der Waals surface area contributed by atoms with Crippen LogP contribution in [0.15, 0.2) is 76.8 Å². The van der Waals surface area contributed by atoms with E-state index in [-0.39, 0.29) is 11.3 Å². The molecule has 5 nitrogen and oxygen atoms in total. The molecule has 33 heavy (non-hydrogen) atoms. The highest BCUT2D eigenvalue weighted by atomic mass is 79.9. The van der Waals surface area contributed by atoms with Crippen LogP contribution < -0.4 is 9.64 Å². The summed E-state index contributed by atoms with van der Waals surface area (Å²) in [6, 6.07) is 18.3. The van der Waals surface area contributed by atoms with Crippen LogP contribution in [0.2, 0.25) is 5.02 Å². The predicted molar refractivity (Wildman–Crippen MR) is 133 cm³/mol. The van der Waals surface area contributed by atoms with Gasteiger partial charge in [0.05, 0.1) is 18.2 Å². The Balaban J connectivity index is 1.92. The van der Waals surface area contributed by atoms with Gasteiger partial charge in [0, 0.05) is 20.7 Å². The second kappa shape index (κ2) is 9.41. The van der Waals surface area contributed by atoms with Gasteiger partial charge in [-0.2, -0.15) is 0 Å². The van der Waals surface area contributed by atoms with Crippen molar-refractivity contribution in [3.05, 3.63) is 98.5 Å². The number of amides is 1. The summed E-state index contributed by atoms with van der Waals surface area (Å²) in [5, 5.41) is 11.7. The fourth-order valence-corrected chi connectivity index (χ4v) is 4.33. The number of hydrogen-bond donors (Lipinski definition) is 1. The number of aliphatic hydroxyl groups excluding tert-OH is 1. The fourth-order valence-electron chi connectivity index (χ4n) is 3.90. The third kappa shape index (κ3) is 4.41. The van der Waals surface area contributed by atoms with Crippen LogP contribution in [-0.2, 0) is 9.59 Å². The van der Waals surface area contributed by atoms with Gasteiger partial charge in [-0.25, -0.2) is 0 Å². The molecule has 3 aromatic carbocycles. The van der Waals surface area contributed by atoms with Gasteiger partial charge in [-0.1, -0.05) is 51.8 Å². The minimum absolute atomic E-state index is 0.0193. The van der Waals surface area contributed by atoms with Crippen LogP contribution in [-0.4, -0.2) is 23.4 Å². The average Bonchev–Trinajstić information content (AvgIpc) is 3.06. The van der Waals surface area contributed by atoms with Crippen LogP contribution in [0, 0.1) is 6.92 Å². The molecule has 1 atom stereocenters. The zero-order chi connectivity index (χ0) is 23.7. The first-order valence-corrected chi connectivity index (χ1v) is 11.5. The van der Waals surface area contributed by atoms with E-state index in [0.29, 0.717) is 34.2 Å². The quantitative estimate of drug-likeness (QED) is 0.236. The van der Waals surface area contributed by atoms with E-state index >= 15 is 0 Å². The van der Waals surface area contributed by atoms with E-state index in [0.717, 1.165) is 10.0 Å². The zero-order valence-corrected chi connectivity index (χ0v) is 20.4. The van der Waals surface area contributed by atoms with Crippen molar-refractivity contribution < 1.29 is 19.4 Å². The normalized spacial score (nSPS) is 17.5. The Labute approximate surface area is 205 Å². The number of hydrogen-bond acceptors (Lipinski definition) is 4. The number of ketones is 1. The molecule has 1 fully saturated rings. The van der Waals surface area contributed by atoms with E-state index in [2.05, 4.69) is 15.9 Å². The van der Waals surface area contributed by atoms with E-state index < -0.39 is 17.7 Å². The molecule has 0 radical (unpaired) electrons. The molecule has 1 amide bonds. The van der Waals surface area contributed by atoms with Crippen molar-refractivity contribution in [1.82, 2.24) is 0 Å². The van der Waals surface area contributed by atoms with Crippen LogP contribution in [0.3, 0.4) is 0 Å². The Morgan fingerprint density at radius 3 is 2.45 bits per heavy atom. The van der Waals surface area contributed by atoms with Gasteiger partial charge < -0.3 is 9.84 Å². The predicted octanol–water partition coefficient (Wildman–Crippen LogP) is 6.44. The SMILES string of the molecule is CCOc1ccc(C2/C(=C(\O)c3ccc(Br)c(C)c3)C(=O)C(=O)N2c2cccc(Cl)c2)cc1. The summed E-state index contributed by atoms with van der Waals surface area (Å²) in [6.07, 6.45) is 0. The molecule has 1 aliphatic heterocycles. The summed E-state index contributed by atoms with van der Waals surface area (Å²) in [7, 11) is 0. The number of anilines is 1. The first-order valence-electron chi connectivity index (χ1n) is 10.4. The first-order chi connectivity index (χ1) is 15.8. The molecule has 7 heteroatoms. The largest absolute Gasteiger partial charge is 0.507 e. The smallest absolute Gasteiger partial charge is 0.300 e. The number of aryl methyl sites for hydroxylation is 1. The summed E-state index contributed by atoms with van der Waals surface area (Å²) >= 11 is 9.63. The zero-order valence-electron chi connectivity index (χ0n) is 18.0. The van der Waals surface area contributed by atoms with E-state index in [9.17, 15) is 14.7 Å². The molecule has 1 heterocycles. The van der Waals surface area contributed by atoms with Crippen molar-refractivity contribution in [1.29, 1.82) is 0 Å². The molecule has 1 N–H and O–H groups in total. The number of rotatable bonds is 5. The molecule has 3 aromatic rings. The Morgan fingerprint density at radius 1 is 1.09 bits per heavy atom. The number of benzene rings is 3. The number of carbonyl (C=O) groups is 2. The van der Waals surface area contributed by atoms with E-state index in [4.69, 9.17) is 16.3 Å². The van der Waals surface area contributed by atoms with Crippen LogP contribution in [0.4, 0.5) is 5.69 Å². The molecular weight excluding hydrogens is 506 g/mol. The molecule has 168 valence electrons. The molecule has 0 spiro atoms. The summed E-state index contributed by atoms with van der Waals surface area (Å²) in [5.41, 5.74) is 2.49. The van der Waals surface area contributed by atoms with Gasteiger partial charge in [0.2, 0.25) is 0 Å². The summed E-state index contributed by atoms with van der Waals surface area (Å²) in [5.74, 6) is -1.05. The third-order valence-electron chi connectivity index (χ3n) is 5.47. The highest BCUT2D eigenvalue weighted by Gasteiger charge is 2.47.